The van der Waals surface area contributed by atoms with Gasteiger partial charge >= 0.3 is 67.1 Å². The van der Waals surface area contributed by atoms with E-state index >= 15 is 0 Å². The van der Waals surface area contributed by atoms with E-state index in [9.17, 15) is 28.8 Å². The van der Waals surface area contributed by atoms with Crippen molar-refractivity contribution < 1.29 is 124 Å². The monoisotopic (exact) mass is 1480 g/mol. The minimum atomic E-state index is -0.0557. The molecule has 0 spiro atoms. The van der Waals surface area contributed by atoms with Gasteiger partial charge in [0.05, 0.1) is 0 Å². The van der Waals surface area contributed by atoms with Crippen molar-refractivity contribution in [3.63, 3.8) is 0 Å². The molecule has 21 nitrogen and oxygen atoms in total. The molecular weight excluding hydrogens is 1390 g/mol. The van der Waals surface area contributed by atoms with Gasteiger partial charge in [-0.1, -0.05) is 76.7 Å². The van der Waals surface area contributed by atoms with Gasteiger partial charge in [0.2, 0.25) is 35.4 Å². The summed E-state index contributed by atoms with van der Waals surface area (Å²) in [6, 6.07) is 0. The Morgan fingerprint density at radius 2 is 0.633 bits per heavy atom. The van der Waals surface area contributed by atoms with Gasteiger partial charge in [0.15, 0.2) is 0 Å². The molecule has 0 saturated carbocycles. The van der Waals surface area contributed by atoms with E-state index in [1.54, 1.807) is 6.20 Å². The fourth-order valence-corrected chi connectivity index (χ4v) is 9.47. The molecule has 6 aliphatic heterocycles. The van der Waals surface area contributed by atoms with Crippen LogP contribution in [0.1, 0.15) is 141 Å². The first-order chi connectivity index (χ1) is 35.3. The zero-order valence-electron chi connectivity index (χ0n) is 46.7. The van der Waals surface area contributed by atoms with Crippen LogP contribution in [-0.2, 0) is 118 Å². The second kappa shape index (κ2) is 55.9. The summed E-state index contributed by atoms with van der Waals surface area (Å²) in [5.41, 5.74) is 0.624. The van der Waals surface area contributed by atoms with Gasteiger partial charge in [-0.3, -0.25) is 28.8 Å². The van der Waals surface area contributed by atoms with Crippen LogP contribution >= 0.6 is 0 Å². The van der Waals surface area contributed by atoms with Crippen LogP contribution in [0.15, 0.2) is 23.9 Å². The Labute approximate surface area is 537 Å². The standard InChI is InChI=1S/2C18H32N4O2.C18H29N4O2.4Ag.2H2N.H2O/c3*23-17(15-7-5-9-19-13-15)21-11-3-1-2-4-12-22-18(24)16-8-6-10-20-14-16;;;;;;;/h2*15-16H,1-14H2,(H,21,23)(H,22,24);5,7,13,16H,1-4,6,8-12,14H2,(H3,19,21,22,23,24);;;;;3*1H2/q2*-2;-1;;3*+1;2*-1;/p-1. The molecule has 0 bridgehead atoms. The molecule has 0 aromatic heterocycles. The average molecular weight is 1490 g/mol. The van der Waals surface area contributed by atoms with E-state index in [4.69, 9.17) is 0 Å². The smallest absolute Gasteiger partial charge is 0.693 e. The van der Waals surface area contributed by atoms with E-state index in [1.807, 2.05) is 12.2 Å². The molecule has 0 aromatic rings. The van der Waals surface area contributed by atoms with Gasteiger partial charge in [-0.05, 0) is 70.6 Å². The van der Waals surface area contributed by atoms with Crippen molar-refractivity contribution in [2.45, 2.75) is 141 Å². The van der Waals surface area contributed by atoms with Crippen LogP contribution in [0.25, 0.3) is 44.2 Å². The molecule has 0 aromatic carbocycles. The van der Waals surface area contributed by atoms with Gasteiger partial charge in [0.25, 0.3) is 0 Å². The van der Waals surface area contributed by atoms with Crippen LogP contribution in [0.2, 0.25) is 0 Å². The van der Waals surface area contributed by atoms with Crippen molar-refractivity contribution in [3.8, 4) is 0 Å². The quantitative estimate of drug-likeness (QED) is 0.0353. The largest absolute Gasteiger partial charge is 1.00 e. The molecule has 5 unspecified atom stereocenters. The molecule has 5 atom stereocenters. The normalized spacial score (nSPS) is 20.9. The van der Waals surface area contributed by atoms with E-state index in [0.717, 1.165) is 207 Å². The van der Waals surface area contributed by atoms with E-state index in [-0.39, 0.29) is 172 Å². The molecule has 0 aliphatic carbocycles. The first-order valence-electron chi connectivity index (χ1n) is 28.2. The Hall–Kier alpha value is -1.26. The third-order valence-electron chi connectivity index (χ3n) is 14.0. The van der Waals surface area contributed by atoms with Gasteiger partial charge in [-0.15, -0.1) is 78.1 Å². The Morgan fingerprint density at radius 1 is 0.392 bits per heavy atom. The van der Waals surface area contributed by atoms with Crippen molar-refractivity contribution in [1.29, 1.82) is 0 Å². The van der Waals surface area contributed by atoms with Gasteiger partial charge in [0, 0.05) is 96.8 Å². The Balaban J connectivity index is -0.000000511. The van der Waals surface area contributed by atoms with E-state index in [2.05, 4.69) is 63.8 Å². The van der Waals surface area contributed by atoms with Crippen molar-refractivity contribution >= 4 is 35.4 Å². The molecule has 12 N–H and O–H groups in total. The summed E-state index contributed by atoms with van der Waals surface area (Å²) < 4.78 is 0. The zero-order valence-corrected chi connectivity index (χ0v) is 52.6. The number of unbranched alkanes of at least 4 members (excludes halogenated alkanes) is 9. The number of piperidine rings is 5. The molecule has 5 saturated heterocycles. The molecule has 6 amide bonds. The fourth-order valence-electron chi connectivity index (χ4n) is 9.47. The molecule has 1 radical (unpaired) electrons. The van der Waals surface area contributed by atoms with Crippen molar-refractivity contribution in [1.82, 2.24) is 31.9 Å². The van der Waals surface area contributed by atoms with Gasteiger partial charge < -0.3 is 81.6 Å². The second-order valence-electron chi connectivity index (χ2n) is 20.2. The van der Waals surface area contributed by atoms with Crippen molar-refractivity contribution in [3.05, 3.63) is 68.1 Å². The number of rotatable bonds is 27. The fraction of sp³-hybridized carbons (Fsp3) is 0.815. The zero-order chi connectivity index (χ0) is 51.1. The number of amides is 6. The van der Waals surface area contributed by atoms with Crippen molar-refractivity contribution in [2.75, 3.05) is 111 Å². The first kappa shape index (κ1) is 84.2. The maximum Gasteiger partial charge on any atom is 1.00 e. The van der Waals surface area contributed by atoms with E-state index in [0.29, 0.717) is 51.4 Å². The Bertz CT molecular complexity index is 1470. The van der Waals surface area contributed by atoms with Crippen LogP contribution in [0.3, 0.4) is 0 Å². The first-order valence-corrected chi connectivity index (χ1v) is 28.2. The summed E-state index contributed by atoms with van der Waals surface area (Å²) in [5.74, 6) is 1.26. The summed E-state index contributed by atoms with van der Waals surface area (Å²) in [7, 11) is 0. The van der Waals surface area contributed by atoms with Crippen LogP contribution in [0.4, 0.5) is 0 Å². The van der Waals surface area contributed by atoms with E-state index in [1.165, 1.54) is 0 Å². The maximum absolute atomic E-state index is 11.9. The van der Waals surface area contributed by atoms with Crippen LogP contribution in [0.5, 0.6) is 0 Å². The Kier molecular flexibility index (Phi) is 59.6. The summed E-state index contributed by atoms with van der Waals surface area (Å²) in [6.45, 7) is 13.1. The predicted molar refractivity (Wildman–Crippen MR) is 302 cm³/mol. The minimum Gasteiger partial charge on any atom is -0.693 e. The minimum absolute atomic E-state index is 0. The number of nitrogens with two attached hydrogens (primary N) is 2. The van der Waals surface area contributed by atoms with Crippen molar-refractivity contribution in [2.24, 2.45) is 29.6 Å². The van der Waals surface area contributed by atoms with Crippen LogP contribution in [0, 0.1) is 29.6 Å². The molecule has 5 fully saturated rings. The summed E-state index contributed by atoms with van der Waals surface area (Å²) in [4.78, 5) is 71.5. The number of hydrogen-bond acceptors (Lipinski definition) is 6. The third kappa shape index (κ3) is 39.8. The number of nitrogens with zero attached hydrogens (tertiary/aromatic N) is 6. The van der Waals surface area contributed by atoms with Crippen LogP contribution < -0.4 is 31.9 Å². The van der Waals surface area contributed by atoms with Crippen LogP contribution in [-0.4, -0.2) is 152 Å². The van der Waals surface area contributed by atoms with Gasteiger partial charge in [0.1, 0.15) is 0 Å². The molecule has 6 aliphatic rings. The number of nitrogens with one attached hydrogen (secondary N) is 6. The Morgan fingerprint density at radius 3 is 0.835 bits per heavy atom. The topological polar surface area (TPSA) is 358 Å². The second-order valence-corrected chi connectivity index (χ2v) is 20.2. The SMILES string of the molecule is O.O=C(NCCCCCCNC(=O)C1CCC[N-]C1)C1=C[N-]CC=C1.O=C(NCCCCCCNC(=O)C1CCC[N-]C1)C1CCC[N-]C1.O=C(NCCCCCCNC(=O)C1CCC[N-]C1)C1CCC[N-]C1.[Ag+].[Ag+].[Ag+].[Ag].[NH2-].[NH2-]. The van der Waals surface area contributed by atoms with Gasteiger partial charge in [-0.25, -0.2) is 0 Å². The number of carbonyl (C=O) groups is 6. The third-order valence-corrected chi connectivity index (χ3v) is 14.0. The molecule has 475 valence electrons. The number of carbonyl (C=O) groups excluding carboxylic acids is 6. The molecule has 25 heteroatoms. The summed E-state index contributed by atoms with van der Waals surface area (Å²) >= 11 is 0. The molecule has 79 heavy (non-hydrogen) atoms. The molecular formula is C54H98Ag4N14O7-5. The summed E-state index contributed by atoms with van der Waals surface area (Å²) in [5, 5.41) is 43.6. The molecule has 6 rings (SSSR count). The number of hydrogen-bond donors (Lipinski definition) is 6. The van der Waals surface area contributed by atoms with E-state index < -0.39 is 0 Å². The predicted octanol–water partition coefficient (Wildman–Crippen LogP) is 7.68. The summed E-state index contributed by atoms with van der Waals surface area (Å²) in [6.07, 6.45) is 27.8. The van der Waals surface area contributed by atoms with Gasteiger partial charge in [-0.2, -0.15) is 6.20 Å². The maximum atomic E-state index is 11.9. The molecule has 6 heterocycles. The average Bonchev–Trinajstić information content (AvgIpc) is 3.44.